The van der Waals surface area contributed by atoms with Gasteiger partial charge in [0.1, 0.15) is 0 Å². The van der Waals surface area contributed by atoms with Crippen LogP contribution in [0.15, 0.2) is 47.1 Å². The van der Waals surface area contributed by atoms with Crippen molar-refractivity contribution < 1.29 is 19.0 Å². The highest BCUT2D eigenvalue weighted by atomic mass is 35.5. The second kappa shape index (κ2) is 8.67. The van der Waals surface area contributed by atoms with Gasteiger partial charge in [-0.1, -0.05) is 29.3 Å². The Hall–Kier alpha value is -2.50. The molecule has 146 valence electrons. The predicted octanol–water partition coefficient (Wildman–Crippen LogP) is 5.52. The summed E-state index contributed by atoms with van der Waals surface area (Å²) in [5.74, 6) is 0.889. The first-order valence-electron chi connectivity index (χ1n) is 8.79. The van der Waals surface area contributed by atoms with Gasteiger partial charge in [-0.25, -0.2) is 9.79 Å². The van der Waals surface area contributed by atoms with E-state index in [0.717, 1.165) is 5.56 Å². The normalized spacial score (nSPS) is 15.0. The lowest BCUT2D eigenvalue weighted by Crippen LogP contribution is -2.07. The van der Waals surface area contributed by atoms with Gasteiger partial charge in [-0.15, -0.1) is 0 Å². The fraction of sp³-hybridized carbons (Fsp3) is 0.238. The molecule has 5 nitrogen and oxygen atoms in total. The summed E-state index contributed by atoms with van der Waals surface area (Å²) in [5.41, 5.74) is 1.49. The Morgan fingerprint density at radius 3 is 2.57 bits per heavy atom. The van der Waals surface area contributed by atoms with E-state index < -0.39 is 5.97 Å². The third-order valence-corrected chi connectivity index (χ3v) is 4.46. The van der Waals surface area contributed by atoms with Crippen LogP contribution in [0.5, 0.6) is 11.5 Å². The Morgan fingerprint density at radius 2 is 1.89 bits per heavy atom. The lowest BCUT2D eigenvalue weighted by atomic mass is 10.1. The molecule has 7 heteroatoms. The molecule has 0 aromatic heterocycles. The number of rotatable bonds is 6. The van der Waals surface area contributed by atoms with Crippen LogP contribution in [0.2, 0.25) is 10.0 Å². The lowest BCUT2D eigenvalue weighted by Gasteiger charge is -2.14. The fourth-order valence-corrected chi connectivity index (χ4v) is 2.85. The van der Waals surface area contributed by atoms with Gasteiger partial charge in [0, 0.05) is 5.56 Å². The van der Waals surface area contributed by atoms with Crippen LogP contribution in [0.25, 0.3) is 6.08 Å². The molecule has 0 spiro atoms. The van der Waals surface area contributed by atoms with E-state index in [-0.39, 0.29) is 17.7 Å². The average molecular weight is 420 g/mol. The summed E-state index contributed by atoms with van der Waals surface area (Å²) in [6, 6.07) is 10.3. The quantitative estimate of drug-likeness (QED) is 0.456. The third kappa shape index (κ3) is 4.66. The van der Waals surface area contributed by atoms with Crippen LogP contribution in [0.4, 0.5) is 0 Å². The highest BCUT2D eigenvalue weighted by Gasteiger charge is 2.24. The molecule has 0 saturated heterocycles. The number of hydrogen-bond acceptors (Lipinski definition) is 5. The molecule has 0 amide bonds. The van der Waals surface area contributed by atoms with Crippen LogP contribution in [-0.2, 0) is 9.53 Å². The maximum atomic E-state index is 12.2. The fourth-order valence-electron chi connectivity index (χ4n) is 2.55. The van der Waals surface area contributed by atoms with Crippen molar-refractivity contribution in [3.8, 4) is 11.5 Å². The largest absolute Gasteiger partial charge is 0.490 e. The van der Waals surface area contributed by atoms with Crippen LogP contribution in [-0.4, -0.2) is 24.6 Å². The highest BCUT2D eigenvalue weighted by molar-refractivity contribution is 6.42. The zero-order valence-corrected chi connectivity index (χ0v) is 17.2. The van der Waals surface area contributed by atoms with Crippen LogP contribution < -0.4 is 9.47 Å². The first-order chi connectivity index (χ1) is 13.4. The van der Waals surface area contributed by atoms with E-state index in [9.17, 15) is 4.79 Å². The summed E-state index contributed by atoms with van der Waals surface area (Å²) < 4.78 is 16.7. The van der Waals surface area contributed by atoms with Crippen molar-refractivity contribution >= 4 is 41.1 Å². The molecular formula is C21H19Cl2NO4. The lowest BCUT2D eigenvalue weighted by molar-refractivity contribution is -0.129. The van der Waals surface area contributed by atoms with Gasteiger partial charge < -0.3 is 14.2 Å². The molecular weight excluding hydrogens is 401 g/mol. The summed E-state index contributed by atoms with van der Waals surface area (Å²) in [6.45, 7) is 6.28. The van der Waals surface area contributed by atoms with E-state index in [1.54, 1.807) is 36.4 Å². The predicted molar refractivity (Wildman–Crippen MR) is 110 cm³/mol. The smallest absolute Gasteiger partial charge is 0.363 e. The SMILES string of the molecule is CCOc1cc(/C=C2\N=C(c3ccc(Cl)c(Cl)c3)OC2=O)ccc1OC(C)C. The first-order valence-corrected chi connectivity index (χ1v) is 9.54. The van der Waals surface area contributed by atoms with Crippen LogP contribution in [0.1, 0.15) is 31.9 Å². The van der Waals surface area contributed by atoms with E-state index in [1.165, 1.54) is 0 Å². The molecule has 2 aromatic carbocycles. The number of hydrogen-bond donors (Lipinski definition) is 0. The maximum Gasteiger partial charge on any atom is 0.363 e. The molecule has 0 bridgehead atoms. The zero-order valence-electron chi connectivity index (χ0n) is 15.7. The number of halogens is 2. The van der Waals surface area contributed by atoms with E-state index in [4.69, 9.17) is 37.4 Å². The molecule has 28 heavy (non-hydrogen) atoms. The van der Waals surface area contributed by atoms with Crippen molar-refractivity contribution in [2.45, 2.75) is 26.9 Å². The highest BCUT2D eigenvalue weighted by Crippen LogP contribution is 2.31. The molecule has 3 rings (SSSR count). The minimum Gasteiger partial charge on any atom is -0.490 e. The number of aliphatic imine (C=N–C) groups is 1. The molecule has 0 saturated carbocycles. The van der Waals surface area contributed by atoms with Crippen molar-refractivity contribution in [3.05, 3.63) is 63.3 Å². The van der Waals surface area contributed by atoms with Crippen LogP contribution in [0.3, 0.4) is 0 Å². The van der Waals surface area contributed by atoms with Crippen molar-refractivity contribution in [3.63, 3.8) is 0 Å². The Morgan fingerprint density at radius 1 is 1.11 bits per heavy atom. The number of nitrogens with zero attached hydrogens (tertiary/aromatic N) is 1. The number of esters is 1. The summed E-state index contributed by atoms with van der Waals surface area (Å²) in [7, 11) is 0. The van der Waals surface area contributed by atoms with E-state index in [2.05, 4.69) is 4.99 Å². The summed E-state index contributed by atoms with van der Waals surface area (Å²) in [4.78, 5) is 16.5. The van der Waals surface area contributed by atoms with Gasteiger partial charge in [-0.2, -0.15) is 0 Å². The van der Waals surface area contributed by atoms with Crippen molar-refractivity contribution in [1.29, 1.82) is 0 Å². The average Bonchev–Trinajstić information content (AvgIpc) is 3.00. The molecule has 1 aliphatic rings. The van der Waals surface area contributed by atoms with Crippen molar-refractivity contribution in [2.75, 3.05) is 6.61 Å². The van der Waals surface area contributed by atoms with E-state index in [1.807, 2.05) is 26.8 Å². The topological polar surface area (TPSA) is 57.1 Å². The Balaban J connectivity index is 1.91. The van der Waals surface area contributed by atoms with Gasteiger partial charge in [0.25, 0.3) is 0 Å². The van der Waals surface area contributed by atoms with E-state index in [0.29, 0.717) is 33.7 Å². The summed E-state index contributed by atoms with van der Waals surface area (Å²) in [6.07, 6.45) is 1.65. The van der Waals surface area contributed by atoms with Gasteiger partial charge in [-0.05, 0) is 62.7 Å². The number of cyclic esters (lactones) is 1. The van der Waals surface area contributed by atoms with Gasteiger partial charge in [-0.3, -0.25) is 0 Å². The molecule has 0 unspecified atom stereocenters. The number of benzene rings is 2. The second-order valence-electron chi connectivity index (χ2n) is 6.27. The van der Waals surface area contributed by atoms with Gasteiger partial charge in [0.05, 0.1) is 22.8 Å². The van der Waals surface area contributed by atoms with Gasteiger partial charge >= 0.3 is 5.97 Å². The Labute approximate surface area is 173 Å². The number of carbonyl (C=O) groups is 1. The Kier molecular flexibility index (Phi) is 6.27. The molecule has 0 radical (unpaired) electrons. The molecule has 0 N–H and O–H groups in total. The molecule has 0 aliphatic carbocycles. The standard InChI is InChI=1S/C21H19Cl2NO4/c1-4-26-19-10-13(5-8-18(19)27-12(2)3)9-17-21(25)28-20(24-17)14-6-7-15(22)16(23)11-14/h5-12H,4H2,1-3H3/b17-9-. The molecule has 0 fully saturated rings. The third-order valence-electron chi connectivity index (χ3n) is 3.72. The molecule has 0 atom stereocenters. The van der Waals surface area contributed by atoms with Gasteiger partial charge in [0.15, 0.2) is 17.2 Å². The Bertz CT molecular complexity index is 967. The second-order valence-corrected chi connectivity index (χ2v) is 7.09. The molecule has 1 heterocycles. The summed E-state index contributed by atoms with van der Waals surface area (Å²) in [5, 5.41) is 0.774. The van der Waals surface area contributed by atoms with Crippen molar-refractivity contribution in [2.24, 2.45) is 4.99 Å². The van der Waals surface area contributed by atoms with Crippen molar-refractivity contribution in [1.82, 2.24) is 0 Å². The maximum absolute atomic E-state index is 12.2. The summed E-state index contributed by atoms with van der Waals surface area (Å²) >= 11 is 11.9. The van der Waals surface area contributed by atoms with Gasteiger partial charge in [0.2, 0.25) is 5.90 Å². The van der Waals surface area contributed by atoms with Crippen LogP contribution >= 0.6 is 23.2 Å². The zero-order chi connectivity index (χ0) is 20.3. The minimum absolute atomic E-state index is 0.0200. The molecule has 1 aliphatic heterocycles. The number of carbonyl (C=O) groups excluding carboxylic acids is 1. The number of ether oxygens (including phenoxy) is 3. The van der Waals surface area contributed by atoms with E-state index >= 15 is 0 Å². The first kappa shape index (κ1) is 20.2. The molecule has 2 aromatic rings. The monoisotopic (exact) mass is 419 g/mol. The van der Waals surface area contributed by atoms with Crippen LogP contribution in [0, 0.1) is 0 Å². The minimum atomic E-state index is -0.540.